The fourth-order valence-electron chi connectivity index (χ4n) is 1.92. The van der Waals surface area contributed by atoms with Crippen LogP contribution >= 0.6 is 15.9 Å². The highest BCUT2D eigenvalue weighted by Gasteiger charge is 2.19. The summed E-state index contributed by atoms with van der Waals surface area (Å²) in [5.74, 6) is 0.456. The normalized spacial score (nSPS) is 13.0. The first kappa shape index (κ1) is 16.0. The number of nitro groups is 1. The average Bonchev–Trinajstić information content (AvgIpc) is 2.27. The minimum absolute atomic E-state index is 0.0893. The number of rotatable bonds is 6. The Kier molecular flexibility index (Phi) is 5.85. The van der Waals surface area contributed by atoms with Crippen molar-refractivity contribution in [1.29, 1.82) is 0 Å². The third-order valence-corrected chi connectivity index (χ3v) is 3.44. The van der Waals surface area contributed by atoms with Gasteiger partial charge in [0, 0.05) is 22.5 Å². The first-order chi connectivity index (χ1) is 8.81. The van der Waals surface area contributed by atoms with Gasteiger partial charge in [-0.1, -0.05) is 35.8 Å². The van der Waals surface area contributed by atoms with Crippen LogP contribution in [-0.2, 0) is 6.42 Å². The summed E-state index contributed by atoms with van der Waals surface area (Å²) in [6, 6.07) is 3.67. The summed E-state index contributed by atoms with van der Waals surface area (Å²) < 4.78 is 25.9. The lowest BCUT2D eigenvalue weighted by molar-refractivity contribution is -0.385. The monoisotopic (exact) mass is 335 g/mol. The second-order valence-corrected chi connectivity index (χ2v) is 6.17. The maximum Gasteiger partial charge on any atom is 0.269 e. The van der Waals surface area contributed by atoms with Crippen molar-refractivity contribution in [2.75, 3.05) is 0 Å². The zero-order valence-electron chi connectivity index (χ0n) is 10.8. The molecule has 1 aromatic rings. The average molecular weight is 336 g/mol. The summed E-state index contributed by atoms with van der Waals surface area (Å²) in [6.07, 6.45) is -1.40. The number of non-ortho nitro benzene ring substituents is 1. The maximum atomic E-state index is 12.9. The summed E-state index contributed by atoms with van der Waals surface area (Å²) in [5, 5.41) is 10.6. The van der Waals surface area contributed by atoms with Gasteiger partial charge in [-0.15, -0.1) is 0 Å². The van der Waals surface area contributed by atoms with Crippen molar-refractivity contribution in [3.05, 3.63) is 39.4 Å². The highest BCUT2D eigenvalue weighted by molar-refractivity contribution is 9.09. The molecular weight excluding hydrogens is 320 g/mol. The summed E-state index contributed by atoms with van der Waals surface area (Å²) in [4.78, 5) is 10.0. The van der Waals surface area contributed by atoms with Gasteiger partial charge in [0.25, 0.3) is 12.1 Å². The van der Waals surface area contributed by atoms with E-state index in [2.05, 4.69) is 29.8 Å². The van der Waals surface area contributed by atoms with Crippen molar-refractivity contribution < 1.29 is 13.7 Å². The molecule has 0 radical (unpaired) electrons. The second kappa shape index (κ2) is 6.93. The van der Waals surface area contributed by atoms with Crippen molar-refractivity contribution in [2.45, 2.75) is 37.9 Å². The number of halogens is 3. The molecule has 19 heavy (non-hydrogen) atoms. The van der Waals surface area contributed by atoms with Crippen LogP contribution < -0.4 is 0 Å². The topological polar surface area (TPSA) is 43.1 Å². The Morgan fingerprint density at radius 2 is 2.00 bits per heavy atom. The molecule has 106 valence electrons. The van der Waals surface area contributed by atoms with Gasteiger partial charge in [0.15, 0.2) is 0 Å². The van der Waals surface area contributed by atoms with Crippen molar-refractivity contribution in [2.24, 2.45) is 5.92 Å². The minimum atomic E-state index is -2.70. The van der Waals surface area contributed by atoms with Crippen LogP contribution in [0.3, 0.4) is 0 Å². The molecule has 1 rings (SSSR count). The Morgan fingerprint density at radius 1 is 1.37 bits per heavy atom. The quantitative estimate of drug-likeness (QED) is 0.422. The summed E-state index contributed by atoms with van der Waals surface area (Å²) in [6.45, 7) is 4.11. The molecule has 0 saturated carbocycles. The van der Waals surface area contributed by atoms with Crippen molar-refractivity contribution in [3.63, 3.8) is 0 Å². The molecule has 1 atom stereocenters. The molecule has 0 aliphatic rings. The predicted octanol–water partition coefficient (Wildman–Crippen LogP) is 4.88. The number of alkyl halides is 3. The summed E-state index contributed by atoms with van der Waals surface area (Å²) >= 11 is 3.47. The molecule has 6 heteroatoms. The Bertz CT molecular complexity index is 452. The molecule has 3 nitrogen and oxygen atoms in total. The van der Waals surface area contributed by atoms with E-state index >= 15 is 0 Å². The third-order valence-electron chi connectivity index (χ3n) is 2.74. The van der Waals surface area contributed by atoms with Crippen LogP contribution in [0.25, 0.3) is 0 Å². The first-order valence-electron chi connectivity index (χ1n) is 6.00. The largest absolute Gasteiger partial charge is 0.269 e. The number of benzene rings is 1. The fourth-order valence-corrected chi connectivity index (χ4v) is 3.01. The van der Waals surface area contributed by atoms with Crippen LogP contribution in [0.1, 0.15) is 37.8 Å². The lowest BCUT2D eigenvalue weighted by Gasteiger charge is -2.15. The van der Waals surface area contributed by atoms with Crippen LogP contribution in [0.15, 0.2) is 18.2 Å². The lowest BCUT2D eigenvalue weighted by Crippen LogP contribution is -2.09. The molecule has 0 aliphatic carbocycles. The van der Waals surface area contributed by atoms with E-state index < -0.39 is 11.3 Å². The van der Waals surface area contributed by atoms with Crippen LogP contribution in [0.2, 0.25) is 0 Å². The van der Waals surface area contributed by atoms with Crippen molar-refractivity contribution in [3.8, 4) is 0 Å². The fraction of sp³-hybridized carbons (Fsp3) is 0.538. The molecule has 0 N–H and O–H groups in total. The molecular formula is C13H16BrF2NO2. The van der Waals surface area contributed by atoms with E-state index in [4.69, 9.17) is 0 Å². The van der Waals surface area contributed by atoms with Crippen LogP contribution in [0.5, 0.6) is 0 Å². The van der Waals surface area contributed by atoms with Crippen molar-refractivity contribution in [1.82, 2.24) is 0 Å². The SMILES string of the molecule is CC(C)CC(Br)Cc1ccc([N+](=O)[O-])cc1C(F)F. The Labute approximate surface area is 119 Å². The standard InChI is InChI=1S/C13H16BrF2NO2/c1-8(2)5-10(14)6-9-3-4-11(17(18)19)7-12(9)13(15)16/h3-4,7-8,10,13H,5-6H2,1-2H3. The Morgan fingerprint density at radius 3 is 2.47 bits per heavy atom. The lowest BCUT2D eigenvalue weighted by atomic mass is 9.98. The van der Waals surface area contributed by atoms with E-state index in [1.807, 2.05) is 0 Å². The van der Waals surface area contributed by atoms with E-state index in [-0.39, 0.29) is 16.1 Å². The van der Waals surface area contributed by atoms with E-state index in [0.29, 0.717) is 17.9 Å². The van der Waals surface area contributed by atoms with Gasteiger partial charge < -0.3 is 0 Å². The van der Waals surface area contributed by atoms with Gasteiger partial charge in [0.1, 0.15) is 0 Å². The van der Waals surface area contributed by atoms with E-state index in [0.717, 1.165) is 12.5 Å². The Hall–Kier alpha value is -1.04. The maximum absolute atomic E-state index is 12.9. The van der Waals surface area contributed by atoms with Gasteiger partial charge in [0.05, 0.1) is 4.92 Å². The summed E-state index contributed by atoms with van der Waals surface area (Å²) in [7, 11) is 0. The number of hydrogen-bond donors (Lipinski definition) is 0. The van der Waals surface area contributed by atoms with Gasteiger partial charge in [-0.05, 0) is 24.3 Å². The molecule has 1 unspecified atom stereocenters. The number of nitro benzene ring substituents is 1. The molecule has 1 aromatic carbocycles. The zero-order chi connectivity index (χ0) is 14.6. The highest BCUT2D eigenvalue weighted by Crippen LogP contribution is 2.29. The first-order valence-corrected chi connectivity index (χ1v) is 6.92. The van der Waals surface area contributed by atoms with Crippen LogP contribution in [0, 0.1) is 16.0 Å². The highest BCUT2D eigenvalue weighted by atomic mass is 79.9. The molecule has 0 amide bonds. The smallest absolute Gasteiger partial charge is 0.258 e. The molecule has 0 heterocycles. The van der Waals surface area contributed by atoms with E-state index in [1.165, 1.54) is 12.1 Å². The van der Waals surface area contributed by atoms with E-state index in [9.17, 15) is 18.9 Å². The molecule has 0 aromatic heterocycles. The minimum Gasteiger partial charge on any atom is -0.258 e. The van der Waals surface area contributed by atoms with Gasteiger partial charge in [0.2, 0.25) is 0 Å². The molecule has 0 fully saturated rings. The van der Waals surface area contributed by atoms with Crippen LogP contribution in [0.4, 0.5) is 14.5 Å². The predicted molar refractivity (Wildman–Crippen MR) is 73.9 cm³/mol. The Balaban J connectivity index is 2.97. The van der Waals surface area contributed by atoms with E-state index in [1.54, 1.807) is 0 Å². The van der Waals surface area contributed by atoms with Gasteiger partial charge >= 0.3 is 0 Å². The molecule has 0 bridgehead atoms. The number of nitrogens with zero attached hydrogens (tertiary/aromatic N) is 1. The summed E-state index contributed by atoms with van der Waals surface area (Å²) in [5.41, 5.74) is -0.0837. The van der Waals surface area contributed by atoms with Crippen LogP contribution in [-0.4, -0.2) is 9.75 Å². The molecule has 0 spiro atoms. The second-order valence-electron chi connectivity index (χ2n) is 4.87. The van der Waals surface area contributed by atoms with Gasteiger partial charge in [-0.3, -0.25) is 10.1 Å². The number of hydrogen-bond acceptors (Lipinski definition) is 2. The molecule has 0 saturated heterocycles. The van der Waals surface area contributed by atoms with Crippen molar-refractivity contribution >= 4 is 21.6 Å². The molecule has 0 aliphatic heterocycles. The van der Waals surface area contributed by atoms with Gasteiger partial charge in [-0.25, -0.2) is 8.78 Å². The van der Waals surface area contributed by atoms with Gasteiger partial charge in [-0.2, -0.15) is 0 Å². The third kappa shape index (κ3) is 4.86. The zero-order valence-corrected chi connectivity index (χ0v) is 12.4.